The zero-order chi connectivity index (χ0) is 12.8. The molecule has 2 rings (SSSR count). The van der Waals surface area contributed by atoms with Crippen LogP contribution in [0.2, 0.25) is 0 Å². The summed E-state index contributed by atoms with van der Waals surface area (Å²) < 4.78 is 12.7. The zero-order valence-corrected chi connectivity index (χ0v) is 9.75. The van der Waals surface area contributed by atoms with Crippen LogP contribution in [0.5, 0.6) is 0 Å². The Balaban J connectivity index is 1.81. The minimum Gasteiger partial charge on any atom is -0.387 e. The van der Waals surface area contributed by atoms with E-state index in [2.05, 4.69) is 15.5 Å². The monoisotopic (exact) mass is 247 g/mol. The average Bonchev–Trinajstić information content (AvgIpc) is 2.40. The lowest BCUT2D eigenvalue weighted by molar-refractivity contribution is 0.174. The van der Waals surface area contributed by atoms with Gasteiger partial charge in [0.15, 0.2) is 0 Å². The maximum atomic E-state index is 12.7. The number of aliphatic hydroxyl groups is 1. The first kappa shape index (κ1) is 12.6. The third-order valence-corrected chi connectivity index (χ3v) is 2.53. The Hall–Kier alpha value is -1.85. The van der Waals surface area contributed by atoms with Crippen molar-refractivity contribution in [2.45, 2.75) is 12.6 Å². The van der Waals surface area contributed by atoms with E-state index in [0.29, 0.717) is 18.7 Å². The van der Waals surface area contributed by atoms with Gasteiger partial charge in [0.1, 0.15) is 5.82 Å². The maximum Gasteiger partial charge on any atom is 0.123 e. The van der Waals surface area contributed by atoms with Gasteiger partial charge in [-0.1, -0.05) is 12.1 Å². The summed E-state index contributed by atoms with van der Waals surface area (Å²) in [7, 11) is 0. The van der Waals surface area contributed by atoms with Crippen LogP contribution >= 0.6 is 0 Å². The van der Waals surface area contributed by atoms with E-state index in [-0.39, 0.29) is 5.82 Å². The van der Waals surface area contributed by atoms with Gasteiger partial charge in [-0.3, -0.25) is 0 Å². The quantitative estimate of drug-likeness (QED) is 0.839. The number of hydrogen-bond donors (Lipinski definition) is 2. The van der Waals surface area contributed by atoms with E-state index in [1.165, 1.54) is 12.1 Å². The third kappa shape index (κ3) is 3.58. The first-order valence-electron chi connectivity index (χ1n) is 5.66. The van der Waals surface area contributed by atoms with Crippen molar-refractivity contribution >= 4 is 0 Å². The highest BCUT2D eigenvalue weighted by molar-refractivity contribution is 5.18. The molecule has 0 aliphatic rings. The van der Waals surface area contributed by atoms with Gasteiger partial charge in [-0.15, -0.1) is 0 Å². The number of aliphatic hydroxyl groups excluding tert-OH is 1. The van der Waals surface area contributed by atoms with Crippen LogP contribution in [0.15, 0.2) is 42.6 Å². The summed E-state index contributed by atoms with van der Waals surface area (Å²) in [5.74, 6) is -0.307. The first-order chi connectivity index (χ1) is 8.75. The van der Waals surface area contributed by atoms with Crippen LogP contribution in [-0.2, 0) is 6.54 Å². The minimum absolute atomic E-state index is 0.307. The van der Waals surface area contributed by atoms with Crippen LogP contribution < -0.4 is 5.32 Å². The summed E-state index contributed by atoms with van der Waals surface area (Å²) >= 11 is 0. The number of nitrogens with zero attached hydrogens (tertiary/aromatic N) is 2. The Morgan fingerprint density at radius 2 is 2.00 bits per heavy atom. The molecule has 1 unspecified atom stereocenters. The molecule has 2 N–H and O–H groups in total. The molecule has 0 saturated carbocycles. The second kappa shape index (κ2) is 6.18. The Morgan fingerprint density at radius 3 is 2.67 bits per heavy atom. The number of hydrogen-bond acceptors (Lipinski definition) is 4. The average molecular weight is 247 g/mol. The van der Waals surface area contributed by atoms with Crippen LogP contribution in [0.3, 0.4) is 0 Å². The summed E-state index contributed by atoms with van der Waals surface area (Å²) in [5, 5.41) is 20.6. The fourth-order valence-electron chi connectivity index (χ4n) is 1.57. The molecule has 0 aliphatic carbocycles. The lowest BCUT2D eigenvalue weighted by atomic mass is 10.1. The number of nitrogens with one attached hydrogen (secondary N) is 1. The number of benzene rings is 1. The molecule has 0 fully saturated rings. The lowest BCUT2D eigenvalue weighted by Gasteiger charge is -2.11. The van der Waals surface area contributed by atoms with Gasteiger partial charge in [-0.25, -0.2) is 4.39 Å². The molecular formula is C13H14FN3O. The molecule has 0 saturated heterocycles. The van der Waals surface area contributed by atoms with Gasteiger partial charge in [0.25, 0.3) is 0 Å². The predicted molar refractivity (Wildman–Crippen MR) is 65.1 cm³/mol. The van der Waals surface area contributed by atoms with Crippen molar-refractivity contribution in [3.63, 3.8) is 0 Å². The fraction of sp³-hybridized carbons (Fsp3) is 0.231. The van der Waals surface area contributed by atoms with Crippen molar-refractivity contribution in [1.82, 2.24) is 15.5 Å². The van der Waals surface area contributed by atoms with Crippen molar-refractivity contribution in [2.75, 3.05) is 6.54 Å². The van der Waals surface area contributed by atoms with Crippen LogP contribution in [0.25, 0.3) is 0 Å². The molecule has 0 radical (unpaired) electrons. The van der Waals surface area contributed by atoms with E-state index in [1.807, 2.05) is 6.07 Å². The molecule has 0 spiro atoms. The lowest BCUT2D eigenvalue weighted by Crippen LogP contribution is -2.21. The van der Waals surface area contributed by atoms with Crippen LogP contribution in [-0.4, -0.2) is 21.8 Å². The standard InChI is InChI=1S/C13H14FN3O/c14-11-5-3-10(4-6-11)13(18)9-15-8-12-2-1-7-16-17-12/h1-7,13,15,18H,8-9H2. The highest BCUT2D eigenvalue weighted by Crippen LogP contribution is 2.12. The van der Waals surface area contributed by atoms with Gasteiger partial charge in [0.05, 0.1) is 11.8 Å². The van der Waals surface area contributed by atoms with E-state index >= 15 is 0 Å². The van der Waals surface area contributed by atoms with E-state index in [1.54, 1.807) is 24.4 Å². The van der Waals surface area contributed by atoms with E-state index in [0.717, 1.165) is 5.69 Å². The molecule has 4 nitrogen and oxygen atoms in total. The van der Waals surface area contributed by atoms with Gasteiger partial charge < -0.3 is 10.4 Å². The minimum atomic E-state index is -0.665. The van der Waals surface area contributed by atoms with Gasteiger partial charge >= 0.3 is 0 Å². The van der Waals surface area contributed by atoms with Crippen molar-refractivity contribution in [3.05, 3.63) is 59.7 Å². The summed E-state index contributed by atoms with van der Waals surface area (Å²) in [6.07, 6.45) is 0.943. The maximum absolute atomic E-state index is 12.7. The Bertz CT molecular complexity index is 475. The smallest absolute Gasteiger partial charge is 0.123 e. The second-order valence-electron chi connectivity index (χ2n) is 3.91. The molecule has 2 aromatic rings. The van der Waals surface area contributed by atoms with E-state index in [4.69, 9.17) is 0 Å². The second-order valence-corrected chi connectivity index (χ2v) is 3.91. The summed E-state index contributed by atoms with van der Waals surface area (Å²) in [6.45, 7) is 0.911. The highest BCUT2D eigenvalue weighted by Gasteiger charge is 2.06. The first-order valence-corrected chi connectivity index (χ1v) is 5.66. The van der Waals surface area contributed by atoms with Crippen LogP contribution in [0, 0.1) is 5.82 Å². The predicted octanol–water partition coefficient (Wildman–Crippen LogP) is 1.44. The number of rotatable bonds is 5. The molecule has 0 aliphatic heterocycles. The molecule has 5 heteroatoms. The Labute approximate surface area is 105 Å². The van der Waals surface area contributed by atoms with Gasteiger partial charge in [-0.05, 0) is 29.8 Å². The van der Waals surface area contributed by atoms with Gasteiger partial charge in [-0.2, -0.15) is 10.2 Å². The summed E-state index contributed by atoms with van der Waals surface area (Å²) in [4.78, 5) is 0. The molecule has 94 valence electrons. The molecular weight excluding hydrogens is 233 g/mol. The fourth-order valence-corrected chi connectivity index (χ4v) is 1.57. The topological polar surface area (TPSA) is 58.0 Å². The number of halogens is 1. The normalized spacial score (nSPS) is 12.3. The van der Waals surface area contributed by atoms with E-state index < -0.39 is 6.10 Å². The molecule has 1 aromatic carbocycles. The van der Waals surface area contributed by atoms with E-state index in [9.17, 15) is 9.50 Å². The van der Waals surface area contributed by atoms with Crippen molar-refractivity contribution < 1.29 is 9.50 Å². The molecule has 0 bridgehead atoms. The van der Waals surface area contributed by atoms with Gasteiger partial charge in [0.2, 0.25) is 0 Å². The Morgan fingerprint density at radius 1 is 1.22 bits per heavy atom. The van der Waals surface area contributed by atoms with Crippen molar-refractivity contribution in [1.29, 1.82) is 0 Å². The molecule has 0 amide bonds. The van der Waals surface area contributed by atoms with Crippen LogP contribution in [0.4, 0.5) is 4.39 Å². The zero-order valence-electron chi connectivity index (χ0n) is 9.75. The third-order valence-electron chi connectivity index (χ3n) is 2.53. The molecule has 18 heavy (non-hydrogen) atoms. The Kier molecular flexibility index (Phi) is 4.33. The van der Waals surface area contributed by atoms with Gasteiger partial charge in [0, 0.05) is 19.3 Å². The summed E-state index contributed by atoms with van der Waals surface area (Å²) in [6, 6.07) is 9.47. The molecule has 1 heterocycles. The summed E-state index contributed by atoms with van der Waals surface area (Å²) in [5.41, 5.74) is 1.49. The van der Waals surface area contributed by atoms with Crippen LogP contribution in [0.1, 0.15) is 17.4 Å². The highest BCUT2D eigenvalue weighted by atomic mass is 19.1. The number of aromatic nitrogens is 2. The SMILES string of the molecule is OC(CNCc1cccnn1)c1ccc(F)cc1. The van der Waals surface area contributed by atoms with Crippen molar-refractivity contribution in [3.8, 4) is 0 Å². The van der Waals surface area contributed by atoms with Crippen molar-refractivity contribution in [2.24, 2.45) is 0 Å². The molecule has 1 atom stereocenters. The largest absolute Gasteiger partial charge is 0.387 e. The molecule has 1 aromatic heterocycles.